The summed E-state index contributed by atoms with van der Waals surface area (Å²) in [5.41, 5.74) is 23.8. The molecule has 0 saturated heterocycles. The first kappa shape index (κ1) is 86.0. The number of nitrogens with zero attached hydrogens (tertiary/aromatic N) is 9. The number of benzene rings is 14. The average molecular weight is 1590 g/mol. The quantitative estimate of drug-likeness (QED) is 0.118. The van der Waals surface area contributed by atoms with Crippen molar-refractivity contribution in [2.75, 3.05) is 0 Å². The summed E-state index contributed by atoms with van der Waals surface area (Å²) in [4.78, 5) is 42.6. The predicted molar refractivity (Wildman–Crippen MR) is 511 cm³/mol. The fourth-order valence-electron chi connectivity index (χ4n) is 14.0. The molecule has 0 aliphatic rings. The molecule has 0 saturated carbocycles. The Morgan fingerprint density at radius 2 is 0.385 bits per heavy atom. The van der Waals surface area contributed by atoms with E-state index >= 15 is 0 Å². The minimum Gasteiger partial charge on any atom is -0.212 e. The van der Waals surface area contributed by atoms with Gasteiger partial charge in [0.05, 0.1) is 0 Å². The van der Waals surface area contributed by atoms with Crippen molar-refractivity contribution in [1.29, 1.82) is 0 Å². The molecule has 0 spiro atoms. The van der Waals surface area contributed by atoms with Gasteiger partial charge in [0.2, 0.25) is 0 Å². The first-order valence-electron chi connectivity index (χ1n) is 42.0. The molecular weight excluding hydrogens is 1480 g/mol. The van der Waals surface area contributed by atoms with Crippen LogP contribution in [0, 0.1) is 0 Å². The van der Waals surface area contributed by atoms with Crippen LogP contribution in [0.1, 0.15) is 132 Å². The summed E-state index contributed by atoms with van der Waals surface area (Å²) in [7, 11) is 0. The highest BCUT2D eigenvalue weighted by Crippen LogP contribution is 2.40. The second-order valence-electron chi connectivity index (χ2n) is 35.5. The molecule has 9 heteroatoms. The Bertz CT molecular complexity index is 6010. The summed E-state index contributed by atoms with van der Waals surface area (Å²) in [6, 6.07) is 133. The van der Waals surface area contributed by atoms with Crippen molar-refractivity contribution in [3.63, 3.8) is 0 Å². The predicted octanol–water partition coefficient (Wildman–Crippen LogP) is 29.5. The summed E-state index contributed by atoms with van der Waals surface area (Å²) in [6.45, 7) is 33.3. The fourth-order valence-corrected chi connectivity index (χ4v) is 14.0. The zero-order valence-corrected chi connectivity index (χ0v) is 73.0. The molecule has 0 radical (unpaired) electrons. The van der Waals surface area contributed by atoms with Crippen LogP contribution in [0.3, 0.4) is 0 Å². The lowest BCUT2D eigenvalue weighted by Gasteiger charge is -2.24. The minimum atomic E-state index is -0.129. The summed E-state index contributed by atoms with van der Waals surface area (Å²) in [6.07, 6.45) is 0. The molecule has 14 aromatic carbocycles. The molecule has 17 aromatic rings. The standard InChI is InChI=1S/2C25H23N3.2C22H22.C19H19N3/c1-25(2,3)21-16-10-15-20(17-21)24-27-22(18-11-6-4-7-12-18)26-23(28-24)19-13-8-5-9-14-19;1-25(2,3)21-16-14-20(15-17-21)24-27-22(18-10-6-4-7-11-18)26-23(28-24)19-12-8-5-9-13-19;1-22(2,3)21-15-14-19(17-10-6-4-7-11-17)16-20(21)18-12-8-5-9-13-18;1-22(2,3)21-16-19(17-10-6-4-7-11-17)14-15-20(21)18-12-8-5-9-13-18;1-19(2,3)18-21-16(14-10-6-4-7-11-14)20-17(22-18)15-12-8-5-9-13-15/h2*4-17H,1-3H3;2*4-16H,1-3H3;4-13H,1-3H3. The molecule has 0 bridgehead atoms. The molecule has 0 atom stereocenters. The second-order valence-corrected chi connectivity index (χ2v) is 35.5. The van der Waals surface area contributed by atoms with Crippen LogP contribution in [0.25, 0.3) is 136 Å². The van der Waals surface area contributed by atoms with Crippen LogP contribution < -0.4 is 0 Å². The zero-order chi connectivity index (χ0) is 85.9. The van der Waals surface area contributed by atoms with Crippen molar-refractivity contribution in [1.82, 2.24) is 44.9 Å². The van der Waals surface area contributed by atoms with E-state index in [0.29, 0.717) is 34.9 Å². The van der Waals surface area contributed by atoms with Gasteiger partial charge < -0.3 is 0 Å². The van der Waals surface area contributed by atoms with Crippen LogP contribution in [0.5, 0.6) is 0 Å². The molecule has 17 rings (SSSR count). The molecular formula is C113H109N9. The van der Waals surface area contributed by atoms with Gasteiger partial charge in [-0.25, -0.2) is 44.9 Å². The number of hydrogen-bond acceptors (Lipinski definition) is 9. The normalized spacial score (nSPS) is 11.4. The van der Waals surface area contributed by atoms with Gasteiger partial charge in [-0.3, -0.25) is 0 Å². The highest BCUT2D eigenvalue weighted by Gasteiger charge is 2.25. The SMILES string of the molecule is CC(C)(C)c1cc(-c2ccccc2)ccc1-c1ccccc1.CC(C)(C)c1ccc(-c2ccccc2)cc1-c1ccccc1.CC(C)(C)c1ccc(-c2nc(-c3ccccc3)nc(-c3ccccc3)n2)cc1.CC(C)(C)c1cccc(-c2nc(-c3ccccc3)nc(-c3ccccc3)n2)c1.CC(C)(C)c1nc(-c2ccccc2)nc(-c2ccccc2)n1. The van der Waals surface area contributed by atoms with E-state index in [-0.39, 0.29) is 27.1 Å². The Balaban J connectivity index is 0.000000132. The van der Waals surface area contributed by atoms with Gasteiger partial charge in [-0.05, 0) is 101 Å². The molecule has 3 aromatic heterocycles. The largest absolute Gasteiger partial charge is 0.212 e. The maximum absolute atomic E-state index is 4.80. The average Bonchev–Trinajstić information content (AvgIpc) is 0.808. The van der Waals surface area contributed by atoms with Gasteiger partial charge in [0, 0.05) is 49.9 Å². The van der Waals surface area contributed by atoms with Crippen LogP contribution in [-0.4, -0.2) is 44.9 Å². The molecule has 0 aliphatic carbocycles. The van der Waals surface area contributed by atoms with E-state index in [0.717, 1.165) is 62.0 Å². The third-order valence-electron chi connectivity index (χ3n) is 20.8. The minimum absolute atomic E-state index is 0.0631. The van der Waals surface area contributed by atoms with Crippen LogP contribution in [0.2, 0.25) is 0 Å². The van der Waals surface area contributed by atoms with Gasteiger partial charge in [-0.15, -0.1) is 0 Å². The van der Waals surface area contributed by atoms with Gasteiger partial charge in [0.25, 0.3) is 0 Å². The fraction of sp³-hybridized carbons (Fsp3) is 0.177. The molecule has 122 heavy (non-hydrogen) atoms. The molecule has 3 heterocycles. The van der Waals surface area contributed by atoms with Crippen molar-refractivity contribution in [2.24, 2.45) is 0 Å². The lowest BCUT2D eigenvalue weighted by atomic mass is 9.80. The lowest BCUT2D eigenvalue weighted by Crippen LogP contribution is -2.18. The Morgan fingerprint density at radius 1 is 0.139 bits per heavy atom. The molecule has 0 unspecified atom stereocenters. The molecule has 0 amide bonds. The number of rotatable bonds is 12. The van der Waals surface area contributed by atoms with Crippen molar-refractivity contribution < 1.29 is 0 Å². The van der Waals surface area contributed by atoms with Crippen LogP contribution in [0.4, 0.5) is 0 Å². The monoisotopic (exact) mass is 1590 g/mol. The summed E-state index contributed by atoms with van der Waals surface area (Å²) >= 11 is 0. The van der Waals surface area contributed by atoms with Crippen molar-refractivity contribution >= 4 is 0 Å². The smallest absolute Gasteiger partial charge is 0.164 e. The molecule has 0 N–H and O–H groups in total. The summed E-state index contributed by atoms with van der Waals surface area (Å²) < 4.78 is 0. The third kappa shape index (κ3) is 22.9. The van der Waals surface area contributed by atoms with Crippen molar-refractivity contribution in [3.8, 4) is 136 Å². The second kappa shape index (κ2) is 38.9. The first-order valence-corrected chi connectivity index (χ1v) is 42.0. The summed E-state index contributed by atoms with van der Waals surface area (Å²) in [5, 5.41) is 0. The zero-order valence-electron chi connectivity index (χ0n) is 73.0. The van der Waals surface area contributed by atoms with E-state index in [4.69, 9.17) is 29.9 Å². The van der Waals surface area contributed by atoms with Crippen LogP contribution >= 0.6 is 0 Å². The van der Waals surface area contributed by atoms with Gasteiger partial charge in [0.1, 0.15) is 5.82 Å². The molecule has 9 nitrogen and oxygen atoms in total. The van der Waals surface area contributed by atoms with E-state index in [1.165, 1.54) is 66.8 Å². The topological polar surface area (TPSA) is 116 Å². The van der Waals surface area contributed by atoms with E-state index in [1.54, 1.807) is 0 Å². The Labute approximate surface area is 723 Å². The maximum Gasteiger partial charge on any atom is 0.164 e. The Morgan fingerprint density at radius 3 is 0.689 bits per heavy atom. The highest BCUT2D eigenvalue weighted by atomic mass is 15.1. The number of aromatic nitrogens is 9. The van der Waals surface area contributed by atoms with Crippen LogP contribution in [-0.2, 0) is 27.1 Å². The highest BCUT2D eigenvalue weighted by molar-refractivity contribution is 5.78. The maximum atomic E-state index is 4.80. The van der Waals surface area contributed by atoms with Crippen LogP contribution in [0.15, 0.2) is 388 Å². The van der Waals surface area contributed by atoms with Gasteiger partial charge in [-0.1, -0.05) is 480 Å². The first-order chi connectivity index (χ1) is 58.7. The third-order valence-corrected chi connectivity index (χ3v) is 20.8. The van der Waals surface area contributed by atoms with E-state index in [9.17, 15) is 0 Å². The lowest BCUT2D eigenvalue weighted by molar-refractivity contribution is 0.543. The van der Waals surface area contributed by atoms with Gasteiger partial charge in [-0.2, -0.15) is 0 Å². The van der Waals surface area contributed by atoms with Gasteiger partial charge in [0.15, 0.2) is 46.6 Å². The van der Waals surface area contributed by atoms with E-state index in [2.05, 4.69) is 325 Å². The Hall–Kier alpha value is -13.9. The summed E-state index contributed by atoms with van der Waals surface area (Å²) in [5.74, 6) is 6.37. The number of hydrogen-bond donors (Lipinski definition) is 0. The molecule has 0 fully saturated rings. The molecule has 0 aliphatic heterocycles. The van der Waals surface area contributed by atoms with Gasteiger partial charge >= 0.3 is 0 Å². The van der Waals surface area contributed by atoms with E-state index in [1.807, 2.05) is 182 Å². The van der Waals surface area contributed by atoms with E-state index < -0.39 is 0 Å². The molecule has 606 valence electrons. The Kier molecular flexibility index (Phi) is 27.4. The van der Waals surface area contributed by atoms with Crippen molar-refractivity contribution in [2.45, 2.75) is 131 Å². The van der Waals surface area contributed by atoms with Crippen molar-refractivity contribution in [3.05, 3.63) is 416 Å².